The Balaban J connectivity index is 2.42. The topological polar surface area (TPSA) is 66.4 Å². The molecule has 0 saturated carbocycles. The SMILES string of the molecule is CC(C)(C)S(=O)CCNC(=O)C(O)c1ccccc1. The summed E-state index contributed by atoms with van der Waals surface area (Å²) in [6.45, 7) is 5.98. The van der Waals surface area contributed by atoms with Gasteiger partial charge in [-0.15, -0.1) is 0 Å². The molecule has 0 aliphatic carbocycles. The van der Waals surface area contributed by atoms with Gasteiger partial charge in [0, 0.05) is 27.8 Å². The van der Waals surface area contributed by atoms with Crippen molar-refractivity contribution >= 4 is 16.7 Å². The number of rotatable bonds is 5. The quantitative estimate of drug-likeness (QED) is 0.858. The summed E-state index contributed by atoms with van der Waals surface area (Å²) in [7, 11) is -1.01. The molecule has 1 rings (SSSR count). The van der Waals surface area contributed by atoms with E-state index in [2.05, 4.69) is 5.32 Å². The molecule has 19 heavy (non-hydrogen) atoms. The second kappa shape index (κ2) is 6.82. The third-order valence-corrected chi connectivity index (χ3v) is 4.57. The second-order valence-electron chi connectivity index (χ2n) is 5.27. The van der Waals surface area contributed by atoms with Crippen LogP contribution in [-0.2, 0) is 15.6 Å². The van der Waals surface area contributed by atoms with Crippen LogP contribution in [0, 0.1) is 0 Å². The minimum absolute atomic E-state index is 0.289. The number of amides is 1. The highest BCUT2D eigenvalue weighted by Gasteiger charge is 2.20. The van der Waals surface area contributed by atoms with Crippen LogP contribution in [0.15, 0.2) is 30.3 Å². The lowest BCUT2D eigenvalue weighted by atomic mass is 10.1. The van der Waals surface area contributed by atoms with E-state index in [0.29, 0.717) is 17.9 Å². The van der Waals surface area contributed by atoms with Gasteiger partial charge in [0.1, 0.15) is 0 Å². The Bertz CT molecular complexity index is 440. The van der Waals surface area contributed by atoms with Gasteiger partial charge in [-0.25, -0.2) is 0 Å². The van der Waals surface area contributed by atoms with Crippen LogP contribution >= 0.6 is 0 Å². The van der Waals surface area contributed by atoms with Crippen LogP contribution < -0.4 is 5.32 Å². The molecule has 1 aromatic rings. The van der Waals surface area contributed by atoms with E-state index in [1.165, 1.54) is 0 Å². The van der Waals surface area contributed by atoms with Crippen molar-refractivity contribution in [2.75, 3.05) is 12.3 Å². The van der Waals surface area contributed by atoms with E-state index in [9.17, 15) is 14.1 Å². The average Bonchev–Trinajstić information content (AvgIpc) is 2.37. The average molecular weight is 283 g/mol. The largest absolute Gasteiger partial charge is 0.378 e. The normalized spacial score (nSPS) is 14.7. The number of carbonyl (C=O) groups is 1. The molecule has 0 saturated heterocycles. The Morgan fingerprint density at radius 2 is 1.89 bits per heavy atom. The zero-order valence-electron chi connectivity index (χ0n) is 11.6. The summed E-state index contributed by atoms with van der Waals surface area (Å²) in [5.41, 5.74) is 0.553. The summed E-state index contributed by atoms with van der Waals surface area (Å²) in [6, 6.07) is 8.73. The van der Waals surface area contributed by atoms with Gasteiger partial charge in [-0.1, -0.05) is 30.3 Å². The fraction of sp³-hybridized carbons (Fsp3) is 0.500. The summed E-state index contributed by atoms with van der Waals surface area (Å²) in [5.74, 6) is -0.0753. The van der Waals surface area contributed by atoms with Gasteiger partial charge in [0.2, 0.25) is 0 Å². The molecule has 0 radical (unpaired) electrons. The van der Waals surface area contributed by atoms with Crippen LogP contribution in [0.1, 0.15) is 32.4 Å². The molecule has 2 unspecified atom stereocenters. The van der Waals surface area contributed by atoms with E-state index in [0.717, 1.165) is 0 Å². The Hall–Kier alpha value is -1.20. The van der Waals surface area contributed by atoms with Crippen molar-refractivity contribution in [3.05, 3.63) is 35.9 Å². The van der Waals surface area contributed by atoms with Crippen LogP contribution in [0.25, 0.3) is 0 Å². The number of hydrogen-bond acceptors (Lipinski definition) is 3. The van der Waals surface area contributed by atoms with Crippen LogP contribution in [0.3, 0.4) is 0 Å². The maximum atomic E-state index is 11.8. The molecule has 0 spiro atoms. The number of hydrogen-bond donors (Lipinski definition) is 2. The second-order valence-corrected chi connectivity index (χ2v) is 7.59. The van der Waals surface area contributed by atoms with Crippen molar-refractivity contribution in [1.29, 1.82) is 0 Å². The zero-order valence-corrected chi connectivity index (χ0v) is 12.4. The van der Waals surface area contributed by atoms with Crippen LogP contribution in [0.5, 0.6) is 0 Å². The van der Waals surface area contributed by atoms with Gasteiger partial charge in [0.25, 0.3) is 5.91 Å². The summed E-state index contributed by atoms with van der Waals surface area (Å²) < 4.78 is 11.5. The van der Waals surface area contributed by atoms with Crippen LogP contribution in [0.4, 0.5) is 0 Å². The first-order valence-corrected chi connectivity index (χ1v) is 7.53. The highest BCUT2D eigenvalue weighted by molar-refractivity contribution is 7.86. The van der Waals surface area contributed by atoms with E-state index in [1.807, 2.05) is 26.8 Å². The lowest BCUT2D eigenvalue weighted by molar-refractivity contribution is -0.129. The number of aliphatic hydroxyl groups is 1. The van der Waals surface area contributed by atoms with E-state index in [4.69, 9.17) is 0 Å². The molecular formula is C14H21NO3S. The lowest BCUT2D eigenvalue weighted by Gasteiger charge is -2.18. The molecule has 4 nitrogen and oxygen atoms in total. The molecule has 106 valence electrons. The third-order valence-electron chi connectivity index (χ3n) is 2.63. The number of aliphatic hydroxyl groups excluding tert-OH is 1. The van der Waals surface area contributed by atoms with E-state index >= 15 is 0 Å². The summed E-state index contributed by atoms with van der Waals surface area (Å²) in [6.07, 6.45) is -1.18. The third kappa shape index (κ3) is 5.12. The monoisotopic (exact) mass is 283 g/mol. The van der Waals surface area contributed by atoms with Gasteiger partial charge in [0.05, 0.1) is 0 Å². The van der Waals surface area contributed by atoms with Gasteiger partial charge in [-0.3, -0.25) is 9.00 Å². The molecule has 0 aliphatic rings. The summed E-state index contributed by atoms with van der Waals surface area (Å²) >= 11 is 0. The van der Waals surface area contributed by atoms with E-state index < -0.39 is 22.8 Å². The van der Waals surface area contributed by atoms with Crippen molar-refractivity contribution in [3.8, 4) is 0 Å². The minimum Gasteiger partial charge on any atom is -0.378 e. The van der Waals surface area contributed by atoms with Crippen LogP contribution in [-0.4, -0.2) is 32.3 Å². The number of carbonyl (C=O) groups excluding carboxylic acids is 1. The lowest BCUT2D eigenvalue weighted by Crippen LogP contribution is -2.35. The molecule has 2 atom stereocenters. The van der Waals surface area contributed by atoms with Crippen LogP contribution in [0.2, 0.25) is 0 Å². The molecule has 2 N–H and O–H groups in total. The maximum absolute atomic E-state index is 11.8. The Morgan fingerprint density at radius 1 is 1.32 bits per heavy atom. The van der Waals surface area contributed by atoms with E-state index in [1.54, 1.807) is 24.3 Å². The highest BCUT2D eigenvalue weighted by Crippen LogP contribution is 2.12. The molecule has 0 aromatic heterocycles. The van der Waals surface area contributed by atoms with Crippen molar-refractivity contribution in [2.24, 2.45) is 0 Å². The Morgan fingerprint density at radius 3 is 2.42 bits per heavy atom. The summed E-state index contributed by atoms with van der Waals surface area (Å²) in [5, 5.41) is 12.4. The Kier molecular flexibility index (Phi) is 5.69. The smallest absolute Gasteiger partial charge is 0.253 e. The van der Waals surface area contributed by atoms with Gasteiger partial charge in [-0.05, 0) is 26.3 Å². The number of nitrogens with one attached hydrogen (secondary N) is 1. The summed E-state index contributed by atoms with van der Waals surface area (Å²) in [4.78, 5) is 11.7. The molecule has 0 heterocycles. The van der Waals surface area contributed by atoms with Crippen molar-refractivity contribution in [2.45, 2.75) is 31.6 Å². The minimum atomic E-state index is -1.18. The molecule has 0 bridgehead atoms. The highest BCUT2D eigenvalue weighted by atomic mass is 32.2. The van der Waals surface area contributed by atoms with Crippen molar-refractivity contribution in [1.82, 2.24) is 5.32 Å². The first-order valence-electron chi connectivity index (χ1n) is 6.21. The molecule has 0 aliphatic heterocycles. The van der Waals surface area contributed by atoms with Gasteiger partial charge >= 0.3 is 0 Å². The fourth-order valence-electron chi connectivity index (χ4n) is 1.46. The predicted molar refractivity (Wildman–Crippen MR) is 77.2 cm³/mol. The zero-order chi connectivity index (χ0) is 14.5. The van der Waals surface area contributed by atoms with E-state index in [-0.39, 0.29) is 4.75 Å². The van der Waals surface area contributed by atoms with Gasteiger partial charge in [-0.2, -0.15) is 0 Å². The van der Waals surface area contributed by atoms with Gasteiger partial charge in [0.15, 0.2) is 6.10 Å². The molecule has 0 fully saturated rings. The molecule has 1 aromatic carbocycles. The predicted octanol–water partition coefficient (Wildman–Crippen LogP) is 1.38. The first-order chi connectivity index (χ1) is 8.82. The van der Waals surface area contributed by atoms with Gasteiger partial charge < -0.3 is 10.4 Å². The standard InChI is InChI=1S/C14H21NO3S/c1-14(2,3)19(18)10-9-15-13(17)12(16)11-7-5-4-6-8-11/h4-8,12,16H,9-10H2,1-3H3,(H,15,17). The maximum Gasteiger partial charge on any atom is 0.253 e. The molecular weight excluding hydrogens is 262 g/mol. The molecule has 5 heteroatoms. The van der Waals surface area contributed by atoms with Crippen molar-refractivity contribution in [3.63, 3.8) is 0 Å². The Labute approximate surface area is 116 Å². The fourth-order valence-corrected chi connectivity index (χ4v) is 2.36. The van der Waals surface area contributed by atoms with Crippen molar-refractivity contribution < 1.29 is 14.1 Å². The molecule has 1 amide bonds. The first kappa shape index (κ1) is 15.9. The number of benzene rings is 1.